The first-order chi connectivity index (χ1) is 12.3. The summed E-state index contributed by atoms with van der Waals surface area (Å²) in [6, 6.07) is 14.2. The molecular formula is C19H23FN2O3S. The molecule has 0 aromatic heterocycles. The molecule has 26 heavy (non-hydrogen) atoms. The second-order valence-corrected chi connectivity index (χ2v) is 7.82. The lowest BCUT2D eigenvalue weighted by molar-refractivity contribution is -0.122. The molecule has 0 spiro atoms. The Morgan fingerprint density at radius 1 is 1.12 bits per heavy atom. The number of anilines is 1. The smallest absolute Gasteiger partial charge is 0.243 e. The lowest BCUT2D eigenvalue weighted by Gasteiger charge is -2.30. The van der Waals surface area contributed by atoms with Gasteiger partial charge in [-0.15, -0.1) is 0 Å². The Morgan fingerprint density at radius 2 is 1.73 bits per heavy atom. The van der Waals surface area contributed by atoms with Gasteiger partial charge in [0.1, 0.15) is 11.9 Å². The molecule has 0 aliphatic heterocycles. The molecule has 2 aromatic rings. The van der Waals surface area contributed by atoms with Gasteiger partial charge >= 0.3 is 0 Å². The minimum Gasteiger partial charge on any atom is -0.354 e. The molecule has 0 bridgehead atoms. The van der Waals surface area contributed by atoms with Gasteiger partial charge in [0.05, 0.1) is 11.9 Å². The van der Waals surface area contributed by atoms with Crippen LogP contribution < -0.4 is 9.62 Å². The minimum atomic E-state index is -3.84. The fourth-order valence-electron chi connectivity index (χ4n) is 2.76. The second kappa shape index (κ2) is 8.80. The van der Waals surface area contributed by atoms with Gasteiger partial charge in [-0.2, -0.15) is 0 Å². The first-order valence-corrected chi connectivity index (χ1v) is 10.2. The van der Waals surface area contributed by atoms with Crippen LogP contribution in [0, 0.1) is 5.82 Å². The summed E-state index contributed by atoms with van der Waals surface area (Å²) in [4.78, 5) is 12.6. The number of nitrogens with one attached hydrogen (secondary N) is 1. The molecular weight excluding hydrogens is 355 g/mol. The normalized spacial score (nSPS) is 12.4. The number of sulfonamides is 1. The third-order valence-corrected chi connectivity index (χ3v) is 5.14. The Kier molecular flexibility index (Phi) is 6.74. The average molecular weight is 378 g/mol. The van der Waals surface area contributed by atoms with E-state index in [9.17, 15) is 17.6 Å². The Hall–Kier alpha value is -2.41. The van der Waals surface area contributed by atoms with Crippen molar-refractivity contribution < 1.29 is 17.6 Å². The van der Waals surface area contributed by atoms with Crippen molar-refractivity contribution in [1.82, 2.24) is 5.32 Å². The highest BCUT2D eigenvalue weighted by Crippen LogP contribution is 2.25. The van der Waals surface area contributed by atoms with Gasteiger partial charge in [-0.3, -0.25) is 9.10 Å². The monoisotopic (exact) mass is 378 g/mol. The van der Waals surface area contributed by atoms with Gasteiger partial charge in [-0.05, 0) is 30.5 Å². The highest BCUT2D eigenvalue weighted by molar-refractivity contribution is 7.92. The summed E-state index contributed by atoms with van der Waals surface area (Å²) in [6.45, 7) is 2.06. The SMILES string of the molecule is CC[C@H](C(=O)NCCc1ccccc1)N(c1ccccc1F)S(C)(=O)=O. The standard InChI is InChI=1S/C19H23FN2O3S/c1-3-17(19(23)21-14-13-15-9-5-4-6-10-15)22(26(2,24)25)18-12-8-7-11-16(18)20/h4-12,17H,3,13-14H2,1-2H3,(H,21,23)/t17-/m1/s1. The van der Waals surface area contributed by atoms with Crippen LogP contribution >= 0.6 is 0 Å². The van der Waals surface area contributed by atoms with Gasteiger partial charge in [0.15, 0.2) is 0 Å². The molecule has 0 fully saturated rings. The number of amides is 1. The maximum Gasteiger partial charge on any atom is 0.243 e. The second-order valence-electron chi connectivity index (χ2n) is 5.96. The summed E-state index contributed by atoms with van der Waals surface area (Å²) in [5.74, 6) is -1.13. The van der Waals surface area contributed by atoms with Crippen molar-refractivity contribution in [1.29, 1.82) is 0 Å². The number of hydrogen-bond acceptors (Lipinski definition) is 3. The highest BCUT2D eigenvalue weighted by Gasteiger charge is 2.32. The van der Waals surface area contributed by atoms with Crippen LogP contribution in [0.25, 0.3) is 0 Å². The molecule has 1 N–H and O–H groups in total. The maximum absolute atomic E-state index is 14.2. The molecule has 7 heteroatoms. The highest BCUT2D eigenvalue weighted by atomic mass is 32.2. The number of benzene rings is 2. The number of para-hydroxylation sites is 1. The average Bonchev–Trinajstić information content (AvgIpc) is 2.60. The van der Waals surface area contributed by atoms with E-state index in [1.165, 1.54) is 24.3 Å². The maximum atomic E-state index is 14.2. The molecule has 0 unspecified atom stereocenters. The summed E-state index contributed by atoms with van der Waals surface area (Å²) in [5, 5.41) is 2.76. The van der Waals surface area contributed by atoms with E-state index in [0.717, 1.165) is 16.1 Å². The van der Waals surface area contributed by atoms with Gasteiger partial charge in [-0.25, -0.2) is 12.8 Å². The molecule has 2 aromatic carbocycles. The van der Waals surface area contributed by atoms with E-state index in [0.29, 0.717) is 13.0 Å². The lowest BCUT2D eigenvalue weighted by Crippen LogP contribution is -2.50. The molecule has 2 rings (SSSR count). The third kappa shape index (κ3) is 5.05. The van der Waals surface area contributed by atoms with E-state index in [2.05, 4.69) is 5.32 Å². The van der Waals surface area contributed by atoms with Crippen molar-refractivity contribution in [2.75, 3.05) is 17.1 Å². The van der Waals surface area contributed by atoms with Crippen LogP contribution in [0.15, 0.2) is 54.6 Å². The first-order valence-electron chi connectivity index (χ1n) is 8.40. The molecule has 0 saturated heterocycles. The van der Waals surface area contributed by atoms with E-state index >= 15 is 0 Å². The van der Waals surface area contributed by atoms with Crippen molar-refractivity contribution in [3.8, 4) is 0 Å². The van der Waals surface area contributed by atoms with E-state index in [1.54, 1.807) is 6.92 Å². The zero-order valence-corrected chi connectivity index (χ0v) is 15.7. The van der Waals surface area contributed by atoms with Crippen molar-refractivity contribution >= 4 is 21.6 Å². The van der Waals surface area contributed by atoms with E-state index < -0.39 is 27.8 Å². The summed E-state index contributed by atoms with van der Waals surface area (Å²) in [5.41, 5.74) is 0.940. The third-order valence-electron chi connectivity index (χ3n) is 3.98. The molecule has 0 radical (unpaired) electrons. The van der Waals surface area contributed by atoms with Crippen LogP contribution in [0.3, 0.4) is 0 Å². The molecule has 1 atom stereocenters. The summed E-state index contributed by atoms with van der Waals surface area (Å²) >= 11 is 0. The molecule has 140 valence electrons. The largest absolute Gasteiger partial charge is 0.354 e. The number of hydrogen-bond donors (Lipinski definition) is 1. The Morgan fingerprint density at radius 3 is 2.31 bits per heavy atom. The number of carbonyl (C=O) groups is 1. The zero-order chi connectivity index (χ0) is 19.2. The minimum absolute atomic E-state index is 0.125. The van der Waals surface area contributed by atoms with Crippen LogP contribution in [0.1, 0.15) is 18.9 Å². The van der Waals surface area contributed by atoms with Crippen LogP contribution in [-0.4, -0.2) is 33.2 Å². The van der Waals surface area contributed by atoms with E-state index in [-0.39, 0.29) is 12.1 Å². The van der Waals surface area contributed by atoms with Crippen molar-refractivity contribution in [2.45, 2.75) is 25.8 Å². The fraction of sp³-hybridized carbons (Fsp3) is 0.316. The fourth-order valence-corrected chi connectivity index (χ4v) is 3.97. The van der Waals surface area contributed by atoms with Crippen LogP contribution in [0.4, 0.5) is 10.1 Å². The quantitative estimate of drug-likeness (QED) is 0.768. The van der Waals surface area contributed by atoms with Crippen molar-refractivity contribution in [3.05, 3.63) is 66.0 Å². The number of carbonyl (C=O) groups excluding carboxylic acids is 1. The van der Waals surface area contributed by atoms with Crippen LogP contribution in [0.5, 0.6) is 0 Å². The summed E-state index contributed by atoms with van der Waals surface area (Å²) in [6.07, 6.45) is 1.82. The Labute approximate surface area is 153 Å². The lowest BCUT2D eigenvalue weighted by atomic mass is 10.1. The van der Waals surface area contributed by atoms with Crippen molar-refractivity contribution in [3.63, 3.8) is 0 Å². The number of nitrogens with zero attached hydrogens (tertiary/aromatic N) is 1. The number of halogens is 1. The van der Waals surface area contributed by atoms with Gasteiger partial charge < -0.3 is 5.32 Å². The molecule has 0 aliphatic rings. The predicted molar refractivity (Wildman–Crippen MR) is 101 cm³/mol. The molecule has 1 amide bonds. The van der Waals surface area contributed by atoms with E-state index in [1.807, 2.05) is 30.3 Å². The van der Waals surface area contributed by atoms with E-state index in [4.69, 9.17) is 0 Å². The summed E-state index contributed by atoms with van der Waals surface area (Å²) in [7, 11) is -3.84. The Balaban J connectivity index is 2.17. The van der Waals surface area contributed by atoms with Gasteiger partial charge in [0.2, 0.25) is 15.9 Å². The topological polar surface area (TPSA) is 66.5 Å². The van der Waals surface area contributed by atoms with Gasteiger partial charge in [0, 0.05) is 6.54 Å². The molecule has 0 saturated carbocycles. The van der Waals surface area contributed by atoms with Crippen molar-refractivity contribution in [2.24, 2.45) is 0 Å². The first kappa shape index (κ1) is 19.9. The van der Waals surface area contributed by atoms with Crippen LogP contribution in [-0.2, 0) is 21.2 Å². The number of rotatable bonds is 8. The van der Waals surface area contributed by atoms with Gasteiger partial charge in [0.25, 0.3) is 0 Å². The predicted octanol–water partition coefficient (Wildman–Crippen LogP) is 2.73. The van der Waals surface area contributed by atoms with Gasteiger partial charge in [-0.1, -0.05) is 49.4 Å². The molecule has 5 nitrogen and oxygen atoms in total. The molecule has 0 aliphatic carbocycles. The molecule has 0 heterocycles. The Bertz CT molecular complexity index is 841. The zero-order valence-electron chi connectivity index (χ0n) is 14.9. The summed E-state index contributed by atoms with van der Waals surface area (Å²) < 4.78 is 39.6. The van der Waals surface area contributed by atoms with Crippen LogP contribution in [0.2, 0.25) is 0 Å².